The van der Waals surface area contributed by atoms with Crippen LogP contribution in [0.15, 0.2) is 24.3 Å². The molecule has 0 amide bonds. The first-order valence-corrected chi connectivity index (χ1v) is 11.5. The van der Waals surface area contributed by atoms with Gasteiger partial charge >= 0.3 is 0 Å². The summed E-state index contributed by atoms with van der Waals surface area (Å²) in [7, 11) is -2.92. The van der Waals surface area contributed by atoms with Crippen LogP contribution in [0.1, 0.15) is 51.5 Å². The Balaban J connectivity index is 2.01. The highest BCUT2D eigenvalue weighted by Gasteiger charge is 2.33. The average Bonchev–Trinajstić information content (AvgIpc) is 2.94. The molecule has 0 radical (unpaired) electrons. The van der Waals surface area contributed by atoms with E-state index >= 15 is 0 Å². The Kier molecular flexibility index (Phi) is 7.69. The summed E-state index contributed by atoms with van der Waals surface area (Å²) in [5, 5.41) is 3.94. The zero-order valence-corrected chi connectivity index (χ0v) is 17.0. The maximum atomic E-state index is 11.8. The van der Waals surface area contributed by atoms with Crippen molar-refractivity contribution in [2.45, 2.75) is 58.4 Å². The lowest BCUT2D eigenvalue weighted by Gasteiger charge is -2.31. The van der Waals surface area contributed by atoms with E-state index in [0.29, 0.717) is 11.5 Å². The van der Waals surface area contributed by atoms with E-state index in [0.717, 1.165) is 31.5 Å². The molecule has 25 heavy (non-hydrogen) atoms. The lowest BCUT2D eigenvalue weighted by atomic mass is 10.1. The van der Waals surface area contributed by atoms with Gasteiger partial charge in [-0.3, -0.25) is 0 Å². The Bertz CT molecular complexity index is 657. The number of nitrogens with one attached hydrogen (secondary N) is 1. The summed E-state index contributed by atoms with van der Waals surface area (Å²) in [6.45, 7) is 5.13. The van der Waals surface area contributed by atoms with Gasteiger partial charge in [0.1, 0.15) is 0 Å². The highest BCUT2D eigenvalue weighted by molar-refractivity contribution is 7.91. The van der Waals surface area contributed by atoms with Crippen molar-refractivity contribution in [3.63, 3.8) is 0 Å². The molecule has 1 heterocycles. The summed E-state index contributed by atoms with van der Waals surface area (Å²) >= 11 is 5.61. The van der Waals surface area contributed by atoms with Crippen molar-refractivity contribution in [1.29, 1.82) is 0 Å². The van der Waals surface area contributed by atoms with Crippen LogP contribution in [0.4, 0.5) is 5.69 Å². The third-order valence-electron chi connectivity index (χ3n) is 4.69. The number of hydrogen-bond donors (Lipinski definition) is 1. The van der Waals surface area contributed by atoms with E-state index in [9.17, 15) is 8.42 Å². The van der Waals surface area contributed by atoms with Crippen molar-refractivity contribution >= 4 is 32.9 Å². The van der Waals surface area contributed by atoms with E-state index in [1.165, 1.54) is 18.4 Å². The van der Waals surface area contributed by atoms with Crippen LogP contribution in [0.3, 0.4) is 0 Å². The number of sulfone groups is 1. The lowest BCUT2D eigenvalue weighted by Crippen LogP contribution is -2.44. The number of benzene rings is 1. The quantitative estimate of drug-likeness (QED) is 0.688. The van der Waals surface area contributed by atoms with Gasteiger partial charge in [0, 0.05) is 18.3 Å². The SMILES string of the molecule is CCCCc1ccc(NC(=S)N(CCCC)[C@H]2CCS(=O)(=O)C2)cc1. The number of nitrogens with zero attached hydrogens (tertiary/aromatic N) is 1. The molecule has 1 aliphatic heterocycles. The van der Waals surface area contributed by atoms with E-state index in [1.807, 2.05) is 0 Å². The molecule has 1 fully saturated rings. The maximum Gasteiger partial charge on any atom is 0.173 e. The second kappa shape index (κ2) is 9.53. The minimum absolute atomic E-state index is 0.000349. The number of hydrogen-bond acceptors (Lipinski definition) is 3. The average molecular weight is 383 g/mol. The highest BCUT2D eigenvalue weighted by atomic mass is 32.2. The molecule has 1 saturated heterocycles. The van der Waals surface area contributed by atoms with E-state index in [2.05, 4.69) is 48.3 Å². The standard InChI is InChI=1S/C19H30N2O2S2/c1-3-5-7-16-8-10-17(11-9-16)20-19(24)21(13-6-4-2)18-12-14-25(22,23)15-18/h8-11,18H,3-7,12-15H2,1-2H3,(H,20,24)/t18-/m0/s1. The van der Waals surface area contributed by atoms with Crippen LogP contribution in [0.5, 0.6) is 0 Å². The lowest BCUT2D eigenvalue weighted by molar-refractivity contribution is 0.333. The Morgan fingerprint density at radius 3 is 2.44 bits per heavy atom. The fraction of sp³-hybridized carbons (Fsp3) is 0.632. The molecule has 1 aliphatic rings. The van der Waals surface area contributed by atoms with Gasteiger partial charge in [-0.05, 0) is 55.6 Å². The number of rotatable bonds is 8. The number of aryl methyl sites for hydroxylation is 1. The summed E-state index contributed by atoms with van der Waals surface area (Å²) in [4.78, 5) is 2.08. The third kappa shape index (κ3) is 6.26. The van der Waals surface area contributed by atoms with Crippen molar-refractivity contribution in [2.24, 2.45) is 0 Å². The van der Waals surface area contributed by atoms with Crippen LogP contribution in [0.2, 0.25) is 0 Å². The smallest absolute Gasteiger partial charge is 0.173 e. The summed E-state index contributed by atoms with van der Waals surface area (Å²) in [5.41, 5.74) is 2.30. The summed E-state index contributed by atoms with van der Waals surface area (Å²) < 4.78 is 23.7. The second-order valence-electron chi connectivity index (χ2n) is 6.83. The fourth-order valence-electron chi connectivity index (χ4n) is 3.13. The van der Waals surface area contributed by atoms with E-state index in [-0.39, 0.29) is 17.5 Å². The summed E-state index contributed by atoms with van der Waals surface area (Å²) in [5.74, 6) is 0.490. The van der Waals surface area contributed by atoms with Crippen LogP contribution in [-0.2, 0) is 16.3 Å². The molecule has 0 spiro atoms. The zero-order chi connectivity index (χ0) is 18.3. The maximum absolute atomic E-state index is 11.8. The van der Waals surface area contributed by atoms with Crippen LogP contribution >= 0.6 is 12.2 Å². The third-order valence-corrected chi connectivity index (χ3v) is 6.77. The number of anilines is 1. The number of thiocarbonyl (C=S) groups is 1. The minimum Gasteiger partial charge on any atom is -0.345 e. The highest BCUT2D eigenvalue weighted by Crippen LogP contribution is 2.20. The normalized spacial score (nSPS) is 18.9. The van der Waals surface area contributed by atoms with Gasteiger partial charge in [-0.1, -0.05) is 38.8 Å². The Morgan fingerprint density at radius 2 is 1.88 bits per heavy atom. The van der Waals surface area contributed by atoms with Gasteiger partial charge < -0.3 is 10.2 Å². The molecular weight excluding hydrogens is 352 g/mol. The Hall–Kier alpha value is -1.14. The molecule has 0 unspecified atom stereocenters. The van der Waals surface area contributed by atoms with Crippen molar-refractivity contribution in [3.8, 4) is 0 Å². The predicted octanol–water partition coefficient (Wildman–Crippen LogP) is 4.02. The van der Waals surface area contributed by atoms with E-state index in [4.69, 9.17) is 12.2 Å². The van der Waals surface area contributed by atoms with Crippen molar-refractivity contribution < 1.29 is 8.42 Å². The molecular formula is C19H30N2O2S2. The first kappa shape index (κ1) is 20.2. The molecule has 1 atom stereocenters. The van der Waals surface area contributed by atoms with Gasteiger partial charge in [0.25, 0.3) is 0 Å². The molecule has 1 N–H and O–H groups in total. The van der Waals surface area contributed by atoms with Crippen LogP contribution < -0.4 is 5.32 Å². The molecule has 2 rings (SSSR count). The van der Waals surface area contributed by atoms with Crippen LogP contribution in [0, 0.1) is 0 Å². The van der Waals surface area contributed by atoms with Gasteiger partial charge in [0.05, 0.1) is 11.5 Å². The molecule has 0 aromatic heterocycles. The Labute approximate surface area is 157 Å². The molecule has 0 bridgehead atoms. The van der Waals surface area contributed by atoms with E-state index < -0.39 is 9.84 Å². The van der Waals surface area contributed by atoms with Gasteiger partial charge in [-0.2, -0.15) is 0 Å². The molecule has 0 saturated carbocycles. The largest absolute Gasteiger partial charge is 0.345 e. The molecule has 140 valence electrons. The van der Waals surface area contributed by atoms with Crippen molar-refractivity contribution in [1.82, 2.24) is 4.90 Å². The van der Waals surface area contributed by atoms with Gasteiger partial charge in [0.2, 0.25) is 0 Å². The molecule has 1 aromatic carbocycles. The number of unbranched alkanes of at least 4 members (excludes halogenated alkanes) is 2. The second-order valence-corrected chi connectivity index (χ2v) is 9.45. The summed E-state index contributed by atoms with van der Waals surface area (Å²) in [6, 6.07) is 8.38. The minimum atomic E-state index is -2.92. The van der Waals surface area contributed by atoms with Crippen LogP contribution in [0.25, 0.3) is 0 Å². The Morgan fingerprint density at radius 1 is 1.20 bits per heavy atom. The van der Waals surface area contributed by atoms with Gasteiger partial charge in [-0.15, -0.1) is 0 Å². The zero-order valence-electron chi connectivity index (χ0n) is 15.3. The first-order valence-electron chi connectivity index (χ1n) is 9.32. The van der Waals surface area contributed by atoms with E-state index in [1.54, 1.807) is 0 Å². The first-order chi connectivity index (χ1) is 11.9. The fourth-order valence-corrected chi connectivity index (χ4v) is 5.22. The van der Waals surface area contributed by atoms with Crippen LogP contribution in [-0.4, -0.2) is 42.5 Å². The van der Waals surface area contributed by atoms with Gasteiger partial charge in [0.15, 0.2) is 14.9 Å². The molecule has 6 heteroatoms. The predicted molar refractivity (Wildman–Crippen MR) is 110 cm³/mol. The van der Waals surface area contributed by atoms with Crippen molar-refractivity contribution in [3.05, 3.63) is 29.8 Å². The molecule has 0 aliphatic carbocycles. The monoisotopic (exact) mass is 382 g/mol. The summed E-state index contributed by atoms with van der Waals surface area (Å²) in [6.07, 6.45) is 6.24. The molecule has 1 aromatic rings. The van der Waals surface area contributed by atoms with Crippen molar-refractivity contribution in [2.75, 3.05) is 23.4 Å². The topological polar surface area (TPSA) is 49.4 Å². The molecule has 4 nitrogen and oxygen atoms in total. The van der Waals surface area contributed by atoms with Gasteiger partial charge in [-0.25, -0.2) is 8.42 Å².